The summed E-state index contributed by atoms with van der Waals surface area (Å²) in [6, 6.07) is 7.69. The van der Waals surface area contributed by atoms with Gasteiger partial charge in [0.15, 0.2) is 5.78 Å². The highest BCUT2D eigenvalue weighted by Crippen LogP contribution is 2.23. The van der Waals surface area contributed by atoms with Crippen molar-refractivity contribution in [1.29, 1.82) is 5.26 Å². The van der Waals surface area contributed by atoms with Gasteiger partial charge in [0.1, 0.15) is 5.41 Å². The molecule has 0 radical (unpaired) electrons. The van der Waals surface area contributed by atoms with Crippen molar-refractivity contribution in [1.82, 2.24) is 0 Å². The smallest absolute Gasteiger partial charge is 0.182 e. The lowest BCUT2D eigenvalue weighted by atomic mass is 9.84. The van der Waals surface area contributed by atoms with Crippen molar-refractivity contribution in [3.05, 3.63) is 34.9 Å². The highest BCUT2D eigenvalue weighted by Gasteiger charge is 2.29. The molecular formula is C13H15NO. The lowest BCUT2D eigenvalue weighted by Crippen LogP contribution is -2.23. The minimum Gasteiger partial charge on any atom is -0.292 e. The Bertz CT molecular complexity index is 438. The van der Waals surface area contributed by atoms with E-state index in [1.54, 1.807) is 19.9 Å². The maximum atomic E-state index is 12.0. The van der Waals surface area contributed by atoms with Gasteiger partial charge in [0.2, 0.25) is 0 Å². The van der Waals surface area contributed by atoms with Crippen LogP contribution in [0.2, 0.25) is 0 Å². The van der Waals surface area contributed by atoms with Gasteiger partial charge in [-0.05, 0) is 33.3 Å². The molecule has 1 aromatic carbocycles. The molecule has 0 aromatic heterocycles. The Morgan fingerprint density at radius 3 is 2.40 bits per heavy atom. The van der Waals surface area contributed by atoms with Crippen molar-refractivity contribution in [2.45, 2.75) is 27.7 Å². The second kappa shape index (κ2) is 3.86. The summed E-state index contributed by atoms with van der Waals surface area (Å²) >= 11 is 0. The lowest BCUT2D eigenvalue weighted by Gasteiger charge is -2.15. The standard InChI is InChI=1S/C13H15NO/c1-9-5-6-11(10(2)7-9)12(15)13(3,4)8-14/h5-7H,1-4H3. The van der Waals surface area contributed by atoms with Crippen LogP contribution in [0.4, 0.5) is 0 Å². The number of ketones is 1. The zero-order chi connectivity index (χ0) is 11.6. The molecule has 0 heterocycles. The molecule has 0 fully saturated rings. The van der Waals surface area contributed by atoms with E-state index >= 15 is 0 Å². The highest BCUT2D eigenvalue weighted by atomic mass is 16.1. The van der Waals surface area contributed by atoms with Crippen LogP contribution in [0.25, 0.3) is 0 Å². The summed E-state index contributed by atoms with van der Waals surface area (Å²) < 4.78 is 0. The molecule has 0 amide bonds. The molecule has 78 valence electrons. The van der Waals surface area contributed by atoms with Crippen molar-refractivity contribution in [2.75, 3.05) is 0 Å². The highest BCUT2D eigenvalue weighted by molar-refractivity contribution is 6.02. The molecular weight excluding hydrogens is 186 g/mol. The van der Waals surface area contributed by atoms with Crippen molar-refractivity contribution >= 4 is 5.78 Å². The SMILES string of the molecule is Cc1ccc(C(=O)C(C)(C)C#N)c(C)c1. The van der Waals surface area contributed by atoms with Crippen LogP contribution in [0.3, 0.4) is 0 Å². The quantitative estimate of drug-likeness (QED) is 0.690. The summed E-state index contributed by atoms with van der Waals surface area (Å²) in [5.74, 6) is -0.109. The van der Waals surface area contributed by atoms with Crippen LogP contribution in [0.5, 0.6) is 0 Å². The molecule has 2 heteroatoms. The Morgan fingerprint density at radius 2 is 1.93 bits per heavy atom. The van der Waals surface area contributed by atoms with Crippen molar-refractivity contribution in [3.8, 4) is 6.07 Å². The number of hydrogen-bond donors (Lipinski definition) is 0. The monoisotopic (exact) mass is 201 g/mol. The average Bonchev–Trinajstić information content (AvgIpc) is 2.17. The number of rotatable bonds is 2. The van der Waals surface area contributed by atoms with Crippen LogP contribution in [0.1, 0.15) is 35.3 Å². The van der Waals surface area contributed by atoms with Gasteiger partial charge in [-0.1, -0.05) is 23.8 Å². The molecule has 0 bridgehead atoms. The molecule has 0 saturated heterocycles. The number of nitrogens with zero attached hydrogens (tertiary/aromatic N) is 1. The van der Waals surface area contributed by atoms with Gasteiger partial charge >= 0.3 is 0 Å². The van der Waals surface area contributed by atoms with E-state index in [1.807, 2.05) is 32.0 Å². The molecule has 0 saturated carbocycles. The summed E-state index contributed by atoms with van der Waals surface area (Å²) in [5, 5.41) is 8.90. The Hall–Kier alpha value is -1.62. The topological polar surface area (TPSA) is 40.9 Å². The van der Waals surface area contributed by atoms with Gasteiger partial charge in [-0.15, -0.1) is 0 Å². The van der Waals surface area contributed by atoms with E-state index in [0.29, 0.717) is 5.56 Å². The second-order valence-corrected chi connectivity index (χ2v) is 4.38. The Morgan fingerprint density at radius 1 is 1.33 bits per heavy atom. The first-order valence-corrected chi connectivity index (χ1v) is 4.92. The summed E-state index contributed by atoms with van der Waals surface area (Å²) in [6.07, 6.45) is 0. The number of nitriles is 1. The van der Waals surface area contributed by atoms with E-state index in [4.69, 9.17) is 5.26 Å². The normalized spacial score (nSPS) is 10.9. The Balaban J connectivity index is 3.20. The maximum absolute atomic E-state index is 12.0. The van der Waals surface area contributed by atoms with E-state index in [-0.39, 0.29) is 5.78 Å². The van der Waals surface area contributed by atoms with Gasteiger partial charge in [-0.3, -0.25) is 4.79 Å². The molecule has 15 heavy (non-hydrogen) atoms. The first-order chi connectivity index (χ1) is 6.88. The molecule has 0 N–H and O–H groups in total. The second-order valence-electron chi connectivity index (χ2n) is 4.38. The van der Waals surface area contributed by atoms with Crippen molar-refractivity contribution in [2.24, 2.45) is 5.41 Å². The van der Waals surface area contributed by atoms with E-state index in [1.165, 1.54) is 0 Å². The van der Waals surface area contributed by atoms with E-state index in [2.05, 4.69) is 0 Å². The predicted octanol–water partition coefficient (Wildman–Crippen LogP) is 3.04. The first kappa shape index (κ1) is 11.5. The number of benzene rings is 1. The Kier molecular flexibility index (Phi) is 2.95. The van der Waals surface area contributed by atoms with Gasteiger partial charge in [0, 0.05) is 5.56 Å². The van der Waals surface area contributed by atoms with Gasteiger partial charge < -0.3 is 0 Å². The molecule has 1 rings (SSSR count). The number of hydrogen-bond acceptors (Lipinski definition) is 2. The van der Waals surface area contributed by atoms with E-state index < -0.39 is 5.41 Å². The number of Topliss-reactive ketones (excluding diaryl/α,β-unsaturated/α-hetero) is 1. The van der Waals surface area contributed by atoms with Crippen LogP contribution in [0.15, 0.2) is 18.2 Å². The molecule has 2 nitrogen and oxygen atoms in total. The first-order valence-electron chi connectivity index (χ1n) is 4.92. The zero-order valence-corrected chi connectivity index (χ0v) is 9.59. The summed E-state index contributed by atoms with van der Waals surface area (Å²) in [5.41, 5.74) is 1.76. The molecule has 0 aliphatic heterocycles. The molecule has 0 aliphatic rings. The number of carbonyl (C=O) groups is 1. The third-order valence-electron chi connectivity index (χ3n) is 2.47. The fourth-order valence-corrected chi connectivity index (χ4v) is 1.46. The fraction of sp³-hybridized carbons (Fsp3) is 0.385. The van der Waals surface area contributed by atoms with E-state index in [9.17, 15) is 4.79 Å². The predicted molar refractivity (Wildman–Crippen MR) is 59.6 cm³/mol. The van der Waals surface area contributed by atoms with Gasteiger partial charge in [0.25, 0.3) is 0 Å². The van der Waals surface area contributed by atoms with Crippen LogP contribution < -0.4 is 0 Å². The van der Waals surface area contributed by atoms with Crippen molar-refractivity contribution < 1.29 is 4.79 Å². The summed E-state index contributed by atoms with van der Waals surface area (Å²) in [7, 11) is 0. The molecule has 0 atom stereocenters. The van der Waals surface area contributed by atoms with Crippen LogP contribution >= 0.6 is 0 Å². The minimum atomic E-state index is -0.944. The van der Waals surface area contributed by atoms with E-state index in [0.717, 1.165) is 11.1 Å². The van der Waals surface area contributed by atoms with Gasteiger partial charge in [-0.2, -0.15) is 5.26 Å². The van der Waals surface area contributed by atoms with Crippen LogP contribution in [-0.4, -0.2) is 5.78 Å². The largest absolute Gasteiger partial charge is 0.292 e. The van der Waals surface area contributed by atoms with Crippen LogP contribution in [-0.2, 0) is 0 Å². The van der Waals surface area contributed by atoms with Crippen LogP contribution in [0, 0.1) is 30.6 Å². The minimum absolute atomic E-state index is 0.109. The molecule has 0 spiro atoms. The third-order valence-corrected chi connectivity index (χ3v) is 2.47. The molecule has 1 aromatic rings. The average molecular weight is 201 g/mol. The third kappa shape index (κ3) is 2.24. The number of aryl methyl sites for hydroxylation is 2. The zero-order valence-electron chi connectivity index (χ0n) is 9.59. The summed E-state index contributed by atoms with van der Waals surface area (Å²) in [4.78, 5) is 12.0. The fourth-order valence-electron chi connectivity index (χ4n) is 1.46. The maximum Gasteiger partial charge on any atom is 0.182 e. The number of carbonyl (C=O) groups excluding carboxylic acids is 1. The molecule has 0 unspecified atom stereocenters. The molecule has 0 aliphatic carbocycles. The Labute approximate surface area is 90.5 Å². The van der Waals surface area contributed by atoms with Gasteiger partial charge in [0.05, 0.1) is 6.07 Å². The van der Waals surface area contributed by atoms with Crippen molar-refractivity contribution in [3.63, 3.8) is 0 Å². The summed E-state index contributed by atoms with van der Waals surface area (Å²) in [6.45, 7) is 7.17. The lowest BCUT2D eigenvalue weighted by molar-refractivity contribution is 0.0891. The van der Waals surface area contributed by atoms with Gasteiger partial charge in [-0.25, -0.2) is 0 Å².